The highest BCUT2D eigenvalue weighted by atomic mass is 16.2. The number of hydrogen-bond acceptors (Lipinski definition) is 6. The predicted octanol–water partition coefficient (Wildman–Crippen LogP) is 1.52. The number of aromatic nitrogens is 4. The Kier molecular flexibility index (Phi) is 5.58. The number of aryl methyl sites for hydroxylation is 1. The highest BCUT2D eigenvalue weighted by Gasteiger charge is 2.48. The highest BCUT2D eigenvalue weighted by Crippen LogP contribution is 2.26. The number of hydrogen-bond donors (Lipinski definition) is 3. The zero-order chi connectivity index (χ0) is 27.1. The summed E-state index contributed by atoms with van der Waals surface area (Å²) in [6.07, 6.45) is 3.24. The van der Waals surface area contributed by atoms with Crippen LogP contribution in [-0.2, 0) is 11.3 Å². The molecule has 4 heterocycles. The number of carbonyl (C=O) groups is 3. The maximum atomic E-state index is 13.0. The molecule has 4 amide bonds. The van der Waals surface area contributed by atoms with Crippen LogP contribution in [0.3, 0.4) is 0 Å². The molecule has 2 aromatic carbocycles. The summed E-state index contributed by atoms with van der Waals surface area (Å²) in [6.45, 7) is 2.11. The summed E-state index contributed by atoms with van der Waals surface area (Å²) in [5, 5.41) is 11.4. The van der Waals surface area contributed by atoms with Crippen molar-refractivity contribution in [1.82, 2.24) is 35.3 Å². The van der Waals surface area contributed by atoms with Crippen molar-refractivity contribution in [2.75, 3.05) is 6.54 Å². The summed E-state index contributed by atoms with van der Waals surface area (Å²) in [5.74, 6) is 5.41. The second-order valence-corrected chi connectivity index (χ2v) is 9.36. The van der Waals surface area contributed by atoms with Gasteiger partial charge in [0.2, 0.25) is 5.54 Å². The lowest BCUT2D eigenvalue weighted by Gasteiger charge is -2.26. The van der Waals surface area contributed by atoms with Crippen LogP contribution < -0.4 is 16.3 Å². The molecule has 1 fully saturated rings. The van der Waals surface area contributed by atoms with Gasteiger partial charge in [-0.2, -0.15) is 5.10 Å². The van der Waals surface area contributed by atoms with E-state index in [4.69, 9.17) is 0 Å². The number of rotatable bonds is 4. The van der Waals surface area contributed by atoms with Gasteiger partial charge in [0, 0.05) is 35.6 Å². The Labute approximate surface area is 221 Å². The molecule has 0 spiro atoms. The second kappa shape index (κ2) is 9.11. The number of H-pyrrole nitrogens is 1. The molecule has 11 nitrogen and oxygen atoms in total. The monoisotopic (exact) mass is 519 g/mol. The molecule has 39 heavy (non-hydrogen) atoms. The standard InChI is InChI=1S/C28H21N7O4/c1-17-4-7-20-15-34(24(36)22(20)13-17)16-28(25(37)30-26(38)31-28)11-10-18-5-8-21(9-6-18)35-23(32-33-27(35)39)19-3-2-12-29-14-19/h2-9,12-14H,15-16H2,1H3,(H,33,39)(H2,30,31,37,38)/t28-/m1/s1. The number of benzene rings is 2. The lowest BCUT2D eigenvalue weighted by Crippen LogP contribution is -2.54. The molecule has 0 unspecified atom stereocenters. The number of nitrogens with one attached hydrogen (secondary N) is 3. The maximum absolute atomic E-state index is 13.0. The van der Waals surface area contributed by atoms with Crippen LogP contribution in [0.5, 0.6) is 0 Å². The van der Waals surface area contributed by atoms with E-state index in [2.05, 4.69) is 37.7 Å². The molecule has 1 atom stereocenters. The molecule has 2 aliphatic heterocycles. The van der Waals surface area contributed by atoms with E-state index in [0.717, 1.165) is 11.1 Å². The van der Waals surface area contributed by atoms with Gasteiger partial charge in [0.05, 0.1) is 12.2 Å². The van der Waals surface area contributed by atoms with E-state index < -0.39 is 23.2 Å². The molecule has 11 heteroatoms. The minimum atomic E-state index is -1.61. The van der Waals surface area contributed by atoms with Crippen LogP contribution >= 0.6 is 0 Å². The van der Waals surface area contributed by atoms with E-state index in [1.807, 2.05) is 25.1 Å². The van der Waals surface area contributed by atoms with Crippen LogP contribution in [0.1, 0.15) is 27.0 Å². The second-order valence-electron chi connectivity index (χ2n) is 9.36. The van der Waals surface area contributed by atoms with E-state index >= 15 is 0 Å². The first-order chi connectivity index (χ1) is 18.8. The van der Waals surface area contributed by atoms with E-state index in [1.165, 1.54) is 9.47 Å². The topological polar surface area (TPSA) is 142 Å². The Morgan fingerprint density at radius 1 is 1.05 bits per heavy atom. The summed E-state index contributed by atoms with van der Waals surface area (Å²) in [5.41, 5.74) is 2.12. The van der Waals surface area contributed by atoms with Gasteiger partial charge in [0.25, 0.3) is 11.8 Å². The van der Waals surface area contributed by atoms with Crippen molar-refractivity contribution in [3.63, 3.8) is 0 Å². The molecule has 4 aromatic rings. The van der Waals surface area contributed by atoms with Crippen molar-refractivity contribution in [3.05, 3.63) is 99.7 Å². The first-order valence-electron chi connectivity index (χ1n) is 12.1. The average molecular weight is 520 g/mol. The molecule has 0 radical (unpaired) electrons. The molecule has 6 rings (SSSR count). The van der Waals surface area contributed by atoms with Crippen molar-refractivity contribution >= 4 is 17.8 Å². The first kappa shape index (κ1) is 23.9. The van der Waals surface area contributed by atoms with Crippen LogP contribution in [0.25, 0.3) is 17.1 Å². The summed E-state index contributed by atoms with van der Waals surface area (Å²) in [7, 11) is 0. The Bertz CT molecular complexity index is 1760. The fraction of sp³-hybridized carbons (Fsp3) is 0.143. The molecule has 1 saturated heterocycles. The minimum absolute atomic E-state index is 0.110. The smallest absolute Gasteiger partial charge is 0.330 e. The van der Waals surface area contributed by atoms with Crippen LogP contribution in [0.2, 0.25) is 0 Å². The van der Waals surface area contributed by atoms with Gasteiger partial charge in [-0.25, -0.2) is 19.3 Å². The van der Waals surface area contributed by atoms with E-state index in [9.17, 15) is 19.2 Å². The van der Waals surface area contributed by atoms with Crippen molar-refractivity contribution in [1.29, 1.82) is 0 Å². The van der Waals surface area contributed by atoms with E-state index in [1.54, 1.807) is 48.8 Å². The molecule has 3 N–H and O–H groups in total. The fourth-order valence-corrected chi connectivity index (χ4v) is 4.72. The highest BCUT2D eigenvalue weighted by molar-refractivity contribution is 6.10. The molecular formula is C28H21N7O4. The summed E-state index contributed by atoms with van der Waals surface area (Å²) in [6, 6.07) is 15.3. The minimum Gasteiger partial charge on any atom is -0.330 e. The van der Waals surface area contributed by atoms with Crippen molar-refractivity contribution < 1.29 is 14.4 Å². The van der Waals surface area contributed by atoms with Crippen molar-refractivity contribution in [2.24, 2.45) is 0 Å². The third kappa shape index (κ3) is 4.23. The quantitative estimate of drug-likeness (QED) is 0.276. The third-order valence-electron chi connectivity index (χ3n) is 6.65. The number of aromatic amines is 1. The number of fused-ring (bicyclic) bond motifs is 1. The van der Waals surface area contributed by atoms with Crippen LogP contribution in [0.4, 0.5) is 4.79 Å². The number of urea groups is 1. The number of amides is 4. The number of carbonyl (C=O) groups excluding carboxylic acids is 3. The summed E-state index contributed by atoms with van der Waals surface area (Å²) >= 11 is 0. The number of nitrogens with zero attached hydrogens (tertiary/aromatic N) is 4. The van der Waals surface area contributed by atoms with E-state index in [0.29, 0.717) is 34.7 Å². The van der Waals surface area contributed by atoms with Crippen LogP contribution in [0, 0.1) is 18.8 Å². The van der Waals surface area contributed by atoms with Gasteiger partial charge in [-0.15, -0.1) is 0 Å². The lowest BCUT2D eigenvalue weighted by molar-refractivity contribution is -0.122. The SMILES string of the molecule is Cc1ccc2c(c1)C(=O)N(C[C@@]1(C#Cc3ccc(-n4c(-c5cccnc5)n[nH]c4=O)cc3)NC(=O)NC1=O)C2. The van der Waals surface area contributed by atoms with E-state index in [-0.39, 0.29) is 12.5 Å². The van der Waals surface area contributed by atoms with Crippen LogP contribution in [-0.4, -0.2) is 54.6 Å². The largest absolute Gasteiger partial charge is 0.348 e. The zero-order valence-corrected chi connectivity index (χ0v) is 20.7. The number of pyridine rings is 1. The third-order valence-corrected chi connectivity index (χ3v) is 6.65. The lowest BCUT2D eigenvalue weighted by atomic mass is 9.99. The van der Waals surface area contributed by atoms with Gasteiger partial charge in [-0.05, 0) is 55.0 Å². The molecule has 2 aliphatic rings. The molecule has 0 saturated carbocycles. The molecule has 0 bridgehead atoms. The Morgan fingerprint density at radius 2 is 1.87 bits per heavy atom. The van der Waals surface area contributed by atoms with Gasteiger partial charge in [0.15, 0.2) is 5.82 Å². The predicted molar refractivity (Wildman–Crippen MR) is 140 cm³/mol. The molecule has 0 aliphatic carbocycles. The summed E-state index contributed by atoms with van der Waals surface area (Å²) in [4.78, 5) is 56.1. The van der Waals surface area contributed by atoms with Gasteiger partial charge in [-0.1, -0.05) is 29.5 Å². The maximum Gasteiger partial charge on any atom is 0.348 e. The Hall–Kier alpha value is -5.50. The normalized spacial score (nSPS) is 17.9. The first-order valence-corrected chi connectivity index (χ1v) is 12.1. The summed E-state index contributed by atoms with van der Waals surface area (Å²) < 4.78 is 1.42. The van der Waals surface area contributed by atoms with Gasteiger partial charge < -0.3 is 10.2 Å². The zero-order valence-electron chi connectivity index (χ0n) is 20.7. The molecular weight excluding hydrogens is 498 g/mol. The Morgan fingerprint density at radius 3 is 2.59 bits per heavy atom. The van der Waals surface area contributed by atoms with Crippen molar-refractivity contribution in [3.8, 4) is 28.9 Å². The average Bonchev–Trinajstić information content (AvgIpc) is 3.56. The van der Waals surface area contributed by atoms with Crippen molar-refractivity contribution in [2.45, 2.75) is 19.0 Å². The molecule has 2 aromatic heterocycles. The Balaban J connectivity index is 1.29. The van der Waals surface area contributed by atoms with Gasteiger partial charge in [0.1, 0.15) is 0 Å². The fourth-order valence-electron chi connectivity index (χ4n) is 4.72. The number of imide groups is 1. The van der Waals surface area contributed by atoms with Gasteiger partial charge in [-0.3, -0.25) is 19.9 Å². The molecule has 192 valence electrons. The van der Waals surface area contributed by atoms with Gasteiger partial charge >= 0.3 is 11.7 Å². The van der Waals surface area contributed by atoms with Crippen LogP contribution in [0.15, 0.2) is 71.8 Å².